The summed E-state index contributed by atoms with van der Waals surface area (Å²) in [5.41, 5.74) is 5.26. The van der Waals surface area contributed by atoms with Crippen molar-refractivity contribution in [2.24, 2.45) is 0 Å². The summed E-state index contributed by atoms with van der Waals surface area (Å²) in [6, 6.07) is 17.2. The lowest BCUT2D eigenvalue weighted by molar-refractivity contribution is 0.229. The maximum atomic E-state index is 14.5. The molecule has 0 radical (unpaired) electrons. The molecule has 1 aliphatic rings. The molecule has 0 aliphatic carbocycles. The monoisotopic (exact) mass is 716 g/mol. The molecule has 0 saturated heterocycles. The lowest BCUT2D eigenvalue weighted by Crippen LogP contribution is -2.24. The van der Waals surface area contributed by atoms with Gasteiger partial charge in [-0.3, -0.25) is 4.90 Å². The Bertz CT molecular complexity index is 2540. The fourth-order valence-electron chi connectivity index (χ4n) is 6.41. The van der Waals surface area contributed by atoms with E-state index < -0.39 is 17.9 Å². The van der Waals surface area contributed by atoms with Gasteiger partial charge in [-0.2, -0.15) is 9.97 Å². The minimum Gasteiger partial charge on any atom is -0.507 e. The van der Waals surface area contributed by atoms with Crippen molar-refractivity contribution in [3.63, 3.8) is 0 Å². The molecule has 4 aromatic carbocycles. The molecule has 0 fully saturated rings. The van der Waals surface area contributed by atoms with Crippen LogP contribution in [0.1, 0.15) is 34.0 Å². The number of para-hydroxylation sites is 2. The van der Waals surface area contributed by atoms with E-state index in [1.165, 1.54) is 36.7 Å². The van der Waals surface area contributed by atoms with E-state index in [-0.39, 0.29) is 46.8 Å². The topological polar surface area (TPSA) is 138 Å². The highest BCUT2D eigenvalue weighted by Crippen LogP contribution is 2.53. The first-order valence-electron chi connectivity index (χ1n) is 16.4. The van der Waals surface area contributed by atoms with Crippen LogP contribution in [0.15, 0.2) is 83.5 Å². The Morgan fingerprint density at radius 1 is 0.774 bits per heavy atom. The summed E-state index contributed by atoms with van der Waals surface area (Å²) in [7, 11) is 1.61. The third kappa shape index (κ3) is 5.93. The second-order valence-electron chi connectivity index (χ2n) is 12.4. The Kier molecular flexibility index (Phi) is 8.21. The average Bonchev–Trinajstić information content (AvgIpc) is 3.73. The number of phenols is 1. The van der Waals surface area contributed by atoms with Crippen LogP contribution in [0, 0.1) is 39.3 Å². The smallest absolute Gasteiger partial charge is 0.325 e. The van der Waals surface area contributed by atoms with Gasteiger partial charge in [0.2, 0.25) is 18.0 Å². The van der Waals surface area contributed by atoms with Crippen molar-refractivity contribution >= 4 is 22.6 Å². The third-order valence-electron chi connectivity index (χ3n) is 8.78. The Hall–Kier alpha value is -6.83. The molecule has 0 bridgehead atoms. The summed E-state index contributed by atoms with van der Waals surface area (Å²) in [5, 5.41) is 11.4. The number of aromatic hydroxyl groups is 1. The van der Waals surface area contributed by atoms with Crippen LogP contribution in [-0.4, -0.2) is 37.1 Å². The predicted octanol–water partition coefficient (Wildman–Crippen LogP) is 9.11. The number of benzene rings is 4. The molecule has 12 nitrogen and oxygen atoms in total. The van der Waals surface area contributed by atoms with Crippen molar-refractivity contribution < 1.29 is 37.3 Å². The van der Waals surface area contributed by atoms with Gasteiger partial charge in [-0.25, -0.2) is 23.7 Å². The van der Waals surface area contributed by atoms with E-state index in [2.05, 4.69) is 19.9 Å². The SMILES string of the molecule is COc1c(C)cc(C2Oc3nc(Oc4ccccc4F)ncc3N2c2c(-c3nc4cnc(Oc5ccccc5F)nc4o3)cc(C)c(O)c2C)cc1C. The van der Waals surface area contributed by atoms with Crippen LogP contribution in [-0.2, 0) is 0 Å². The number of halogens is 2. The van der Waals surface area contributed by atoms with Crippen molar-refractivity contribution in [1.29, 1.82) is 0 Å². The van der Waals surface area contributed by atoms with E-state index in [1.807, 2.05) is 30.9 Å². The number of rotatable bonds is 8. The van der Waals surface area contributed by atoms with Crippen LogP contribution in [0.2, 0.25) is 0 Å². The molecule has 3 aromatic heterocycles. The maximum Gasteiger partial charge on any atom is 0.325 e. The Morgan fingerprint density at radius 3 is 2.04 bits per heavy atom. The number of hydrogen-bond donors (Lipinski definition) is 1. The van der Waals surface area contributed by atoms with Gasteiger partial charge in [0.15, 0.2) is 23.1 Å². The molecule has 8 rings (SSSR count). The van der Waals surface area contributed by atoms with E-state index in [0.29, 0.717) is 33.6 Å². The molecule has 1 unspecified atom stereocenters. The second kappa shape index (κ2) is 13.1. The van der Waals surface area contributed by atoms with E-state index in [4.69, 9.17) is 28.3 Å². The molecule has 53 heavy (non-hydrogen) atoms. The van der Waals surface area contributed by atoms with Crippen molar-refractivity contribution in [3.05, 3.63) is 119 Å². The van der Waals surface area contributed by atoms with Crippen molar-refractivity contribution in [2.45, 2.75) is 33.9 Å². The van der Waals surface area contributed by atoms with Crippen molar-refractivity contribution in [1.82, 2.24) is 24.9 Å². The highest BCUT2D eigenvalue weighted by Gasteiger charge is 2.39. The minimum absolute atomic E-state index is 0.0370. The van der Waals surface area contributed by atoms with Crippen molar-refractivity contribution in [3.8, 4) is 52.4 Å². The number of aromatic nitrogens is 5. The van der Waals surface area contributed by atoms with Gasteiger partial charge in [0.05, 0.1) is 30.8 Å². The summed E-state index contributed by atoms with van der Waals surface area (Å²) in [6.07, 6.45) is 2.07. The molecule has 1 aliphatic heterocycles. The molecule has 266 valence electrons. The van der Waals surface area contributed by atoms with Crippen LogP contribution in [0.25, 0.3) is 22.7 Å². The summed E-state index contributed by atoms with van der Waals surface area (Å²) in [4.78, 5) is 24.0. The van der Waals surface area contributed by atoms with Crippen LogP contribution >= 0.6 is 0 Å². The van der Waals surface area contributed by atoms with Crippen LogP contribution in [0.4, 0.5) is 20.2 Å². The highest BCUT2D eigenvalue weighted by atomic mass is 19.1. The number of anilines is 2. The van der Waals surface area contributed by atoms with Gasteiger partial charge in [0.25, 0.3) is 5.71 Å². The van der Waals surface area contributed by atoms with Gasteiger partial charge in [-0.1, -0.05) is 24.3 Å². The normalized spacial score (nSPS) is 13.6. The zero-order valence-corrected chi connectivity index (χ0v) is 29.0. The molecule has 0 spiro atoms. The predicted molar refractivity (Wildman–Crippen MR) is 189 cm³/mol. The molecule has 7 aromatic rings. The number of ether oxygens (including phenoxy) is 4. The number of nitrogens with zero attached hydrogens (tertiary/aromatic N) is 6. The summed E-state index contributed by atoms with van der Waals surface area (Å²) >= 11 is 0. The molecular weight excluding hydrogens is 686 g/mol. The van der Waals surface area contributed by atoms with E-state index in [1.54, 1.807) is 51.3 Å². The average molecular weight is 717 g/mol. The Labute approximate surface area is 301 Å². The Balaban J connectivity index is 1.28. The third-order valence-corrected chi connectivity index (χ3v) is 8.78. The number of oxazole rings is 1. The van der Waals surface area contributed by atoms with Crippen LogP contribution in [0.3, 0.4) is 0 Å². The zero-order valence-electron chi connectivity index (χ0n) is 29.0. The van der Waals surface area contributed by atoms with E-state index >= 15 is 0 Å². The van der Waals surface area contributed by atoms with Gasteiger partial charge < -0.3 is 28.5 Å². The first-order chi connectivity index (χ1) is 25.6. The summed E-state index contributed by atoms with van der Waals surface area (Å²) < 4.78 is 58.5. The lowest BCUT2D eigenvalue weighted by Gasteiger charge is -2.29. The van der Waals surface area contributed by atoms with E-state index in [0.717, 1.165) is 22.4 Å². The maximum absolute atomic E-state index is 14.5. The first-order valence-corrected chi connectivity index (χ1v) is 16.4. The summed E-state index contributed by atoms with van der Waals surface area (Å²) in [6.45, 7) is 7.38. The Morgan fingerprint density at radius 2 is 1.40 bits per heavy atom. The second-order valence-corrected chi connectivity index (χ2v) is 12.4. The molecular formula is C39H30F2N6O6. The standard InChI is InChI=1S/C39H30F2N6O6/c1-19-16-24(34-44-27-17-42-38(45-35(27)52-34)50-29-12-8-6-10-25(29)40)31(22(4)32(19)48)47-28-18-43-39(51-30-13-9-7-11-26(30)41)46-36(28)53-37(47)23-14-20(2)33(49-5)21(3)15-23/h6-18,37,48H,1-5H3. The number of hydrogen-bond acceptors (Lipinski definition) is 12. The molecule has 14 heteroatoms. The zero-order chi connectivity index (χ0) is 37.0. The van der Waals surface area contributed by atoms with Gasteiger partial charge in [0, 0.05) is 11.1 Å². The van der Waals surface area contributed by atoms with Gasteiger partial charge >= 0.3 is 12.0 Å². The van der Waals surface area contributed by atoms with Gasteiger partial charge in [-0.05, 0) is 86.8 Å². The molecule has 1 N–H and O–H groups in total. The number of fused-ring (bicyclic) bond motifs is 2. The first kappa shape index (κ1) is 33.3. The number of phenolic OH excluding ortho intramolecular Hbond substituents is 1. The van der Waals surface area contributed by atoms with Gasteiger partial charge in [-0.15, -0.1) is 0 Å². The van der Waals surface area contributed by atoms with Gasteiger partial charge in [0.1, 0.15) is 22.7 Å². The minimum atomic E-state index is -0.851. The number of methoxy groups -OCH3 is 1. The molecule has 1 atom stereocenters. The highest BCUT2D eigenvalue weighted by molar-refractivity contribution is 5.88. The lowest BCUT2D eigenvalue weighted by atomic mass is 9.99. The van der Waals surface area contributed by atoms with Crippen molar-refractivity contribution in [2.75, 3.05) is 12.0 Å². The fourth-order valence-corrected chi connectivity index (χ4v) is 6.41. The summed E-state index contributed by atoms with van der Waals surface area (Å²) in [5.74, 6) is -0.199. The van der Waals surface area contributed by atoms with E-state index in [9.17, 15) is 13.9 Å². The van der Waals surface area contributed by atoms with Crippen LogP contribution in [0.5, 0.6) is 40.9 Å². The molecule has 0 amide bonds. The largest absolute Gasteiger partial charge is 0.507 e. The van der Waals surface area contributed by atoms with Crippen LogP contribution < -0.4 is 23.8 Å². The number of aryl methyl sites for hydroxylation is 3. The molecule has 4 heterocycles. The quantitative estimate of drug-likeness (QED) is 0.161. The molecule has 0 saturated carbocycles. The fraction of sp³-hybridized carbons (Fsp3) is 0.154.